The van der Waals surface area contributed by atoms with Crippen LogP contribution < -0.4 is 19.2 Å². The largest absolute Gasteiger partial charge is 0.493 e. The molecular formula is C24H23BrClN3O5S. The molecule has 1 N–H and O–H groups in total. The van der Waals surface area contributed by atoms with Gasteiger partial charge in [-0.3, -0.25) is 9.10 Å². The third-order valence-electron chi connectivity index (χ3n) is 4.92. The Morgan fingerprint density at radius 1 is 1.11 bits per heavy atom. The maximum absolute atomic E-state index is 13.4. The Hall–Kier alpha value is -3.08. The Balaban J connectivity index is 1.86. The standard InChI is InChI=1S/C24H23BrClN3O5S/c1-16-9-10-18(26)13-21(16)29(35(31,32)19-7-5-4-6-8-19)15-23(30)28-27-14-17-11-20(25)24(34-3)22(12-17)33-2/h4-14H,15H2,1-3H3,(H,28,30)/b27-14-. The molecule has 3 aromatic rings. The third kappa shape index (κ3) is 6.33. The topological polar surface area (TPSA) is 97.3 Å². The lowest BCUT2D eigenvalue weighted by atomic mass is 10.2. The molecule has 0 unspecified atom stereocenters. The highest BCUT2D eigenvalue weighted by Gasteiger charge is 2.28. The van der Waals surface area contributed by atoms with Gasteiger partial charge in [-0.15, -0.1) is 0 Å². The van der Waals surface area contributed by atoms with Crippen molar-refractivity contribution in [2.75, 3.05) is 25.1 Å². The molecule has 0 aliphatic rings. The van der Waals surface area contributed by atoms with E-state index in [1.165, 1.54) is 38.6 Å². The summed E-state index contributed by atoms with van der Waals surface area (Å²) in [7, 11) is -1.03. The Kier molecular flexibility index (Phi) is 8.76. The van der Waals surface area contributed by atoms with Gasteiger partial charge in [0.1, 0.15) is 6.54 Å². The van der Waals surface area contributed by atoms with Crippen molar-refractivity contribution in [1.29, 1.82) is 0 Å². The monoisotopic (exact) mass is 579 g/mol. The molecule has 35 heavy (non-hydrogen) atoms. The molecule has 0 saturated heterocycles. The molecule has 3 rings (SSSR count). The number of carbonyl (C=O) groups is 1. The van der Waals surface area contributed by atoms with E-state index in [9.17, 15) is 13.2 Å². The van der Waals surface area contributed by atoms with Crippen molar-refractivity contribution in [3.8, 4) is 11.5 Å². The fourth-order valence-electron chi connectivity index (χ4n) is 3.23. The fourth-order valence-corrected chi connectivity index (χ4v) is 5.51. The minimum absolute atomic E-state index is 0.0471. The number of amides is 1. The number of rotatable bonds is 9. The van der Waals surface area contributed by atoms with Gasteiger partial charge in [0.05, 0.1) is 35.5 Å². The number of halogens is 2. The van der Waals surface area contributed by atoms with Gasteiger partial charge in [-0.05, 0) is 70.4 Å². The molecule has 0 fully saturated rings. The van der Waals surface area contributed by atoms with Crippen molar-refractivity contribution in [2.45, 2.75) is 11.8 Å². The van der Waals surface area contributed by atoms with Crippen molar-refractivity contribution in [3.63, 3.8) is 0 Å². The number of hydrazone groups is 1. The van der Waals surface area contributed by atoms with Crippen molar-refractivity contribution >= 4 is 55.4 Å². The van der Waals surface area contributed by atoms with Crippen LogP contribution in [0.2, 0.25) is 5.02 Å². The molecular weight excluding hydrogens is 558 g/mol. The number of ether oxygens (including phenoxy) is 2. The molecule has 8 nitrogen and oxygen atoms in total. The van der Waals surface area contributed by atoms with Crippen LogP contribution in [0.5, 0.6) is 11.5 Å². The van der Waals surface area contributed by atoms with Crippen molar-refractivity contribution < 1.29 is 22.7 Å². The molecule has 0 heterocycles. The average molecular weight is 581 g/mol. The number of nitrogens with one attached hydrogen (secondary N) is 1. The zero-order valence-corrected chi connectivity index (χ0v) is 22.3. The predicted molar refractivity (Wildman–Crippen MR) is 140 cm³/mol. The van der Waals surface area contributed by atoms with E-state index >= 15 is 0 Å². The van der Waals surface area contributed by atoms with Crippen molar-refractivity contribution in [2.24, 2.45) is 5.10 Å². The summed E-state index contributed by atoms with van der Waals surface area (Å²) < 4.78 is 39.1. The molecule has 3 aromatic carbocycles. The van der Waals surface area contributed by atoms with Gasteiger partial charge in [0, 0.05) is 5.02 Å². The molecule has 0 atom stereocenters. The lowest BCUT2D eigenvalue weighted by molar-refractivity contribution is -0.119. The first-order valence-electron chi connectivity index (χ1n) is 10.2. The zero-order valence-electron chi connectivity index (χ0n) is 19.2. The summed E-state index contributed by atoms with van der Waals surface area (Å²) in [4.78, 5) is 12.8. The van der Waals surface area contributed by atoms with Gasteiger partial charge >= 0.3 is 0 Å². The molecule has 11 heteroatoms. The van der Waals surface area contributed by atoms with Gasteiger partial charge in [0.25, 0.3) is 15.9 Å². The Labute approximate surface area is 217 Å². The summed E-state index contributed by atoms with van der Waals surface area (Å²) in [6, 6.07) is 16.1. The van der Waals surface area contributed by atoms with Gasteiger partial charge in [-0.25, -0.2) is 13.8 Å². The molecule has 0 aliphatic carbocycles. The molecule has 0 aromatic heterocycles. The molecule has 0 radical (unpaired) electrons. The highest BCUT2D eigenvalue weighted by atomic mass is 79.9. The highest BCUT2D eigenvalue weighted by Crippen LogP contribution is 2.35. The number of aryl methyl sites for hydroxylation is 1. The van der Waals surface area contributed by atoms with Crippen LogP contribution in [0.3, 0.4) is 0 Å². The van der Waals surface area contributed by atoms with Crippen LogP contribution >= 0.6 is 27.5 Å². The summed E-state index contributed by atoms with van der Waals surface area (Å²) in [5.41, 5.74) is 3.93. The van der Waals surface area contributed by atoms with E-state index in [0.29, 0.717) is 37.8 Å². The first-order valence-corrected chi connectivity index (χ1v) is 12.9. The Morgan fingerprint density at radius 2 is 1.83 bits per heavy atom. The van der Waals surface area contributed by atoms with Crippen LogP contribution in [0, 0.1) is 6.92 Å². The number of nitrogens with zero attached hydrogens (tertiary/aromatic N) is 2. The molecule has 0 spiro atoms. The van der Waals surface area contributed by atoms with Crippen LogP contribution in [0.1, 0.15) is 11.1 Å². The maximum atomic E-state index is 13.4. The average Bonchev–Trinajstić information content (AvgIpc) is 2.84. The number of hydrogen-bond acceptors (Lipinski definition) is 6. The lowest BCUT2D eigenvalue weighted by Gasteiger charge is -2.25. The predicted octanol–water partition coefficient (Wildman–Crippen LogP) is 4.77. The lowest BCUT2D eigenvalue weighted by Crippen LogP contribution is -2.40. The zero-order chi connectivity index (χ0) is 25.6. The van der Waals surface area contributed by atoms with Crippen LogP contribution in [0.15, 0.2) is 75.1 Å². The smallest absolute Gasteiger partial charge is 0.264 e. The van der Waals surface area contributed by atoms with Gasteiger partial charge in [0.2, 0.25) is 0 Å². The maximum Gasteiger partial charge on any atom is 0.264 e. The summed E-state index contributed by atoms with van der Waals surface area (Å²) in [5.74, 6) is 0.359. The van der Waals surface area contributed by atoms with E-state index in [1.807, 2.05) is 0 Å². The van der Waals surface area contributed by atoms with E-state index in [4.69, 9.17) is 21.1 Å². The number of benzene rings is 3. The first-order chi connectivity index (χ1) is 16.7. The van der Waals surface area contributed by atoms with Crippen molar-refractivity contribution in [3.05, 3.63) is 81.3 Å². The number of methoxy groups -OCH3 is 2. The summed E-state index contributed by atoms with van der Waals surface area (Å²) >= 11 is 9.53. The molecule has 0 bridgehead atoms. The highest BCUT2D eigenvalue weighted by molar-refractivity contribution is 9.10. The number of hydrogen-bond donors (Lipinski definition) is 1. The minimum Gasteiger partial charge on any atom is -0.493 e. The normalized spacial score (nSPS) is 11.3. The van der Waals surface area contributed by atoms with E-state index in [2.05, 4.69) is 26.5 Å². The summed E-state index contributed by atoms with van der Waals surface area (Å²) in [6.07, 6.45) is 1.41. The number of sulfonamides is 1. The minimum atomic E-state index is -4.06. The second-order valence-electron chi connectivity index (χ2n) is 7.29. The summed E-state index contributed by atoms with van der Waals surface area (Å²) in [6.45, 7) is 1.23. The molecule has 1 amide bonds. The van der Waals surface area contributed by atoms with E-state index < -0.39 is 22.5 Å². The second kappa shape index (κ2) is 11.6. The van der Waals surface area contributed by atoms with Gasteiger partial charge in [-0.1, -0.05) is 35.9 Å². The first kappa shape index (κ1) is 26.5. The van der Waals surface area contributed by atoms with Crippen LogP contribution in [-0.4, -0.2) is 41.3 Å². The molecule has 0 aliphatic heterocycles. The van der Waals surface area contributed by atoms with E-state index in [1.54, 1.807) is 49.4 Å². The SMILES string of the molecule is COc1cc(/C=N\NC(=O)CN(c2cc(Cl)ccc2C)S(=O)(=O)c2ccccc2)cc(Br)c1OC. The number of carbonyl (C=O) groups excluding carboxylic acids is 1. The molecule has 184 valence electrons. The quantitative estimate of drug-likeness (QED) is 0.290. The fraction of sp³-hybridized carbons (Fsp3) is 0.167. The third-order valence-corrected chi connectivity index (χ3v) is 7.52. The van der Waals surface area contributed by atoms with Gasteiger partial charge in [-0.2, -0.15) is 5.10 Å². The summed E-state index contributed by atoms with van der Waals surface area (Å²) in [5, 5.41) is 4.31. The second-order valence-corrected chi connectivity index (χ2v) is 10.4. The Morgan fingerprint density at radius 3 is 2.49 bits per heavy atom. The number of anilines is 1. The van der Waals surface area contributed by atoms with Crippen LogP contribution in [0.4, 0.5) is 5.69 Å². The van der Waals surface area contributed by atoms with Gasteiger partial charge in [0.15, 0.2) is 11.5 Å². The van der Waals surface area contributed by atoms with E-state index in [-0.39, 0.29) is 4.90 Å². The van der Waals surface area contributed by atoms with E-state index in [0.717, 1.165) is 4.31 Å². The van der Waals surface area contributed by atoms with Crippen molar-refractivity contribution in [1.82, 2.24) is 5.43 Å². The van der Waals surface area contributed by atoms with Crippen LogP contribution in [0.25, 0.3) is 0 Å². The molecule has 0 saturated carbocycles. The van der Waals surface area contributed by atoms with Gasteiger partial charge < -0.3 is 9.47 Å². The van der Waals surface area contributed by atoms with Crippen LogP contribution in [-0.2, 0) is 14.8 Å². The Bertz CT molecular complexity index is 1350.